The maximum absolute atomic E-state index is 12.4. The van der Waals surface area contributed by atoms with Crippen LogP contribution in [0.1, 0.15) is 48.9 Å². The van der Waals surface area contributed by atoms with Gasteiger partial charge in [0.15, 0.2) is 0 Å². The molecule has 0 saturated heterocycles. The van der Waals surface area contributed by atoms with Crippen molar-refractivity contribution in [3.05, 3.63) is 59.7 Å². The number of hydrogen-bond donors (Lipinski definition) is 2. The Morgan fingerprint density at radius 2 is 2.00 bits per heavy atom. The van der Waals surface area contributed by atoms with Gasteiger partial charge in [0.25, 0.3) is 0 Å². The van der Waals surface area contributed by atoms with E-state index in [-0.39, 0.29) is 12.3 Å². The number of imidazole rings is 1. The Morgan fingerprint density at radius 3 is 2.77 bits per heavy atom. The minimum Gasteiger partial charge on any atom is -0.421 e. The summed E-state index contributed by atoms with van der Waals surface area (Å²) in [5.41, 5.74) is 4.68. The standard InChI is InChI=1S/C23H23N5O2/c1-14-5-7-16(8-6-14)23-28-27-21(30-23)12-11-20(29)24-17-9-10-18-19(13-17)26-22(25-18)15-3-2-4-15/h5-10,13,15H,2-4,11-12H2,1H3,(H,24,29)(H,25,26). The molecule has 1 fully saturated rings. The van der Waals surface area contributed by atoms with Crippen molar-refractivity contribution in [1.82, 2.24) is 20.2 Å². The van der Waals surface area contributed by atoms with Crippen LogP contribution in [0.3, 0.4) is 0 Å². The number of carbonyl (C=O) groups is 1. The number of nitrogens with zero attached hydrogens (tertiary/aromatic N) is 3. The molecule has 4 aromatic rings. The lowest BCUT2D eigenvalue weighted by atomic mass is 9.85. The van der Waals surface area contributed by atoms with Gasteiger partial charge in [-0.15, -0.1) is 10.2 Å². The predicted molar refractivity (Wildman–Crippen MR) is 114 cm³/mol. The van der Waals surface area contributed by atoms with Gasteiger partial charge in [0.05, 0.1) is 11.0 Å². The zero-order valence-electron chi connectivity index (χ0n) is 16.8. The number of benzene rings is 2. The number of carbonyl (C=O) groups excluding carboxylic acids is 1. The van der Waals surface area contributed by atoms with Gasteiger partial charge in [-0.05, 0) is 50.1 Å². The number of aryl methyl sites for hydroxylation is 2. The van der Waals surface area contributed by atoms with Crippen LogP contribution < -0.4 is 5.32 Å². The van der Waals surface area contributed by atoms with Gasteiger partial charge < -0.3 is 14.7 Å². The van der Waals surface area contributed by atoms with E-state index in [1.165, 1.54) is 24.8 Å². The molecule has 1 aliphatic rings. The minimum absolute atomic E-state index is 0.0943. The van der Waals surface area contributed by atoms with Crippen molar-refractivity contribution in [2.45, 2.75) is 44.9 Å². The van der Waals surface area contributed by atoms with E-state index in [9.17, 15) is 4.79 Å². The van der Waals surface area contributed by atoms with Crippen LogP contribution in [0.4, 0.5) is 5.69 Å². The molecule has 1 aliphatic carbocycles. The molecule has 30 heavy (non-hydrogen) atoms. The highest BCUT2D eigenvalue weighted by molar-refractivity contribution is 5.93. The highest BCUT2D eigenvalue weighted by atomic mass is 16.4. The molecular weight excluding hydrogens is 378 g/mol. The number of hydrogen-bond acceptors (Lipinski definition) is 5. The highest BCUT2D eigenvalue weighted by Gasteiger charge is 2.22. The number of nitrogens with one attached hydrogen (secondary N) is 2. The van der Waals surface area contributed by atoms with Gasteiger partial charge in [-0.2, -0.15) is 0 Å². The lowest BCUT2D eigenvalue weighted by molar-refractivity contribution is -0.116. The Bertz CT molecular complexity index is 1190. The third-order valence-corrected chi connectivity index (χ3v) is 5.61. The smallest absolute Gasteiger partial charge is 0.247 e. The molecule has 0 spiro atoms. The van der Waals surface area contributed by atoms with Crippen LogP contribution in [0.15, 0.2) is 46.9 Å². The van der Waals surface area contributed by atoms with Crippen molar-refractivity contribution in [2.24, 2.45) is 0 Å². The average Bonchev–Trinajstić information content (AvgIpc) is 3.32. The van der Waals surface area contributed by atoms with Crippen molar-refractivity contribution >= 4 is 22.6 Å². The summed E-state index contributed by atoms with van der Waals surface area (Å²) in [5.74, 6) is 2.44. The summed E-state index contributed by atoms with van der Waals surface area (Å²) >= 11 is 0. The Labute approximate surface area is 173 Å². The van der Waals surface area contributed by atoms with Gasteiger partial charge >= 0.3 is 0 Å². The molecule has 0 unspecified atom stereocenters. The Kier molecular flexibility index (Phi) is 4.78. The maximum Gasteiger partial charge on any atom is 0.247 e. The van der Waals surface area contributed by atoms with E-state index in [0.29, 0.717) is 24.1 Å². The molecule has 2 aromatic heterocycles. The molecule has 7 heteroatoms. The summed E-state index contributed by atoms with van der Waals surface area (Å²) in [5, 5.41) is 11.1. The van der Waals surface area contributed by atoms with E-state index >= 15 is 0 Å². The second-order valence-electron chi connectivity index (χ2n) is 7.90. The van der Waals surface area contributed by atoms with E-state index in [1.807, 2.05) is 49.4 Å². The van der Waals surface area contributed by atoms with E-state index < -0.39 is 0 Å². The number of amides is 1. The Morgan fingerprint density at radius 1 is 1.17 bits per heavy atom. The molecular formula is C23H23N5O2. The summed E-state index contributed by atoms with van der Waals surface area (Å²) in [6.07, 6.45) is 4.33. The first-order chi connectivity index (χ1) is 14.6. The second kappa shape index (κ2) is 7.74. The maximum atomic E-state index is 12.4. The van der Waals surface area contributed by atoms with Gasteiger partial charge in [0.1, 0.15) is 5.82 Å². The van der Waals surface area contributed by atoms with Crippen molar-refractivity contribution in [3.8, 4) is 11.5 Å². The van der Waals surface area contributed by atoms with Crippen molar-refractivity contribution in [1.29, 1.82) is 0 Å². The summed E-state index contributed by atoms with van der Waals surface area (Å²) in [4.78, 5) is 20.4. The number of aromatic nitrogens is 4. The number of aromatic amines is 1. The molecule has 2 N–H and O–H groups in total. The second-order valence-corrected chi connectivity index (χ2v) is 7.90. The molecule has 0 radical (unpaired) electrons. The molecule has 2 aromatic carbocycles. The lowest BCUT2D eigenvalue weighted by Crippen LogP contribution is -2.12. The quantitative estimate of drug-likeness (QED) is 0.485. The van der Waals surface area contributed by atoms with Gasteiger partial charge in [-0.25, -0.2) is 4.98 Å². The topological polar surface area (TPSA) is 96.7 Å². The van der Waals surface area contributed by atoms with Crippen molar-refractivity contribution in [3.63, 3.8) is 0 Å². The van der Waals surface area contributed by atoms with Crippen LogP contribution in [-0.2, 0) is 11.2 Å². The van der Waals surface area contributed by atoms with E-state index in [1.54, 1.807) is 0 Å². The van der Waals surface area contributed by atoms with Crippen LogP contribution in [0.2, 0.25) is 0 Å². The number of anilines is 1. The van der Waals surface area contributed by atoms with Gasteiger partial charge in [0, 0.05) is 30.0 Å². The summed E-state index contributed by atoms with van der Waals surface area (Å²) in [6.45, 7) is 2.03. The zero-order valence-corrected chi connectivity index (χ0v) is 16.8. The monoisotopic (exact) mass is 401 g/mol. The van der Waals surface area contributed by atoms with Crippen molar-refractivity contribution < 1.29 is 9.21 Å². The van der Waals surface area contributed by atoms with Gasteiger partial charge in [-0.1, -0.05) is 24.1 Å². The van der Waals surface area contributed by atoms with E-state index in [0.717, 1.165) is 28.1 Å². The molecule has 1 saturated carbocycles. The molecule has 152 valence electrons. The van der Waals surface area contributed by atoms with Crippen LogP contribution in [0.5, 0.6) is 0 Å². The van der Waals surface area contributed by atoms with Crippen LogP contribution in [0, 0.1) is 6.92 Å². The number of rotatable bonds is 6. The molecule has 7 nitrogen and oxygen atoms in total. The average molecular weight is 401 g/mol. The van der Waals surface area contributed by atoms with Crippen LogP contribution in [-0.4, -0.2) is 26.1 Å². The third kappa shape index (κ3) is 3.83. The molecule has 0 atom stereocenters. The summed E-state index contributed by atoms with van der Waals surface area (Å²) in [6, 6.07) is 13.6. The Balaban J connectivity index is 1.19. The normalized spacial score (nSPS) is 14.0. The summed E-state index contributed by atoms with van der Waals surface area (Å²) in [7, 11) is 0. The molecule has 5 rings (SSSR count). The summed E-state index contributed by atoms with van der Waals surface area (Å²) < 4.78 is 5.69. The fourth-order valence-corrected chi connectivity index (χ4v) is 3.59. The van der Waals surface area contributed by atoms with Crippen LogP contribution >= 0.6 is 0 Å². The first-order valence-electron chi connectivity index (χ1n) is 10.3. The molecule has 0 aliphatic heterocycles. The lowest BCUT2D eigenvalue weighted by Gasteiger charge is -2.22. The minimum atomic E-state index is -0.0943. The fourth-order valence-electron chi connectivity index (χ4n) is 3.59. The third-order valence-electron chi connectivity index (χ3n) is 5.61. The van der Waals surface area contributed by atoms with Crippen LogP contribution in [0.25, 0.3) is 22.5 Å². The Hall–Kier alpha value is -3.48. The first-order valence-corrected chi connectivity index (χ1v) is 10.3. The first kappa shape index (κ1) is 18.5. The number of fused-ring (bicyclic) bond motifs is 1. The van der Waals surface area contributed by atoms with Crippen molar-refractivity contribution in [2.75, 3.05) is 5.32 Å². The van der Waals surface area contributed by atoms with E-state index in [2.05, 4.69) is 25.5 Å². The molecule has 1 amide bonds. The largest absolute Gasteiger partial charge is 0.421 e. The SMILES string of the molecule is Cc1ccc(-c2nnc(CCC(=O)Nc3ccc4nc(C5CCC5)[nH]c4c3)o2)cc1. The van der Waals surface area contributed by atoms with Gasteiger partial charge in [0.2, 0.25) is 17.7 Å². The zero-order chi connectivity index (χ0) is 20.5. The van der Waals surface area contributed by atoms with E-state index in [4.69, 9.17) is 4.42 Å². The number of H-pyrrole nitrogens is 1. The highest BCUT2D eigenvalue weighted by Crippen LogP contribution is 2.35. The molecule has 2 heterocycles. The molecule has 0 bridgehead atoms. The fraction of sp³-hybridized carbons (Fsp3) is 0.304. The predicted octanol–water partition coefficient (Wildman–Crippen LogP) is 4.76. The van der Waals surface area contributed by atoms with Gasteiger partial charge in [-0.3, -0.25) is 4.79 Å².